The Morgan fingerprint density at radius 1 is 1.06 bits per heavy atom. The Bertz CT molecular complexity index is 1160. The number of anilines is 1. The van der Waals surface area contributed by atoms with Crippen LogP contribution in [0.1, 0.15) is 38.2 Å². The number of benzene rings is 2. The van der Waals surface area contributed by atoms with Crippen molar-refractivity contribution in [1.29, 1.82) is 0 Å². The fourth-order valence-electron chi connectivity index (χ4n) is 5.42. The van der Waals surface area contributed by atoms with Crippen LogP contribution < -0.4 is 19.5 Å². The third-order valence-electron chi connectivity index (χ3n) is 7.06. The zero-order chi connectivity index (χ0) is 24.3. The van der Waals surface area contributed by atoms with E-state index in [4.69, 9.17) is 9.47 Å². The number of carbonyl (C=O) groups is 1. The van der Waals surface area contributed by atoms with Gasteiger partial charge in [0.25, 0.3) is 0 Å². The Morgan fingerprint density at radius 2 is 1.82 bits per heavy atom. The molecular formula is C26H32N2O5S. The first-order valence-corrected chi connectivity index (χ1v) is 13.1. The molecule has 2 aromatic rings. The number of rotatable bonds is 9. The van der Waals surface area contributed by atoms with Crippen LogP contribution in [0.3, 0.4) is 0 Å². The second kappa shape index (κ2) is 10.2. The second-order valence-corrected chi connectivity index (χ2v) is 10.9. The van der Waals surface area contributed by atoms with Gasteiger partial charge in [0.15, 0.2) is 11.5 Å². The van der Waals surface area contributed by atoms with E-state index in [1.54, 1.807) is 31.4 Å². The summed E-state index contributed by atoms with van der Waals surface area (Å²) in [5.74, 6) is 2.60. The molecule has 34 heavy (non-hydrogen) atoms. The van der Waals surface area contributed by atoms with Crippen molar-refractivity contribution >= 4 is 27.7 Å². The lowest BCUT2D eigenvalue weighted by Crippen LogP contribution is -2.40. The smallest absolute Gasteiger partial charge is 0.248 e. The minimum Gasteiger partial charge on any atom is -0.493 e. The van der Waals surface area contributed by atoms with Crippen molar-refractivity contribution in [1.82, 2.24) is 4.72 Å². The molecule has 0 radical (unpaired) electrons. The van der Waals surface area contributed by atoms with Crippen LogP contribution in [0, 0.1) is 17.8 Å². The van der Waals surface area contributed by atoms with Crippen LogP contribution in [0.25, 0.3) is 6.08 Å². The summed E-state index contributed by atoms with van der Waals surface area (Å²) in [7, 11) is -0.530. The van der Waals surface area contributed by atoms with Gasteiger partial charge in [-0.3, -0.25) is 4.79 Å². The molecule has 2 saturated carbocycles. The average Bonchev–Trinajstić information content (AvgIpc) is 3.46. The molecule has 4 atom stereocenters. The zero-order valence-corrected chi connectivity index (χ0v) is 20.6. The number of methoxy groups -OCH3 is 2. The Balaban J connectivity index is 1.37. The van der Waals surface area contributed by atoms with Crippen LogP contribution in [0.2, 0.25) is 0 Å². The number of para-hydroxylation sites is 1. The molecule has 0 saturated heterocycles. The number of hydrogen-bond acceptors (Lipinski definition) is 5. The van der Waals surface area contributed by atoms with E-state index in [9.17, 15) is 13.2 Å². The van der Waals surface area contributed by atoms with Crippen LogP contribution in [-0.4, -0.2) is 34.6 Å². The van der Waals surface area contributed by atoms with Crippen molar-refractivity contribution in [3.05, 3.63) is 54.1 Å². The fraction of sp³-hybridized carbons (Fsp3) is 0.423. The monoisotopic (exact) mass is 484 g/mol. The lowest BCUT2D eigenvalue weighted by atomic mass is 9.84. The molecule has 2 N–H and O–H groups in total. The van der Waals surface area contributed by atoms with Crippen molar-refractivity contribution in [2.24, 2.45) is 17.8 Å². The molecule has 2 aromatic carbocycles. The van der Waals surface area contributed by atoms with Gasteiger partial charge in [0.05, 0.1) is 19.1 Å². The number of nitrogens with one attached hydrogen (secondary N) is 2. The fourth-order valence-corrected chi connectivity index (χ4v) is 6.71. The molecule has 0 heterocycles. The molecule has 2 aliphatic rings. The highest BCUT2D eigenvalue weighted by molar-refractivity contribution is 7.89. The average molecular weight is 485 g/mol. The largest absolute Gasteiger partial charge is 0.493 e. The highest BCUT2D eigenvalue weighted by Gasteiger charge is 2.42. The Hall–Kier alpha value is -2.84. The number of ether oxygens (including phenoxy) is 2. The highest BCUT2D eigenvalue weighted by atomic mass is 32.2. The summed E-state index contributed by atoms with van der Waals surface area (Å²) in [6.07, 6.45) is 7.89. The van der Waals surface area contributed by atoms with Gasteiger partial charge >= 0.3 is 0 Å². The molecule has 2 bridgehead atoms. The molecule has 2 fully saturated rings. The van der Waals surface area contributed by atoms with Gasteiger partial charge in [-0.25, -0.2) is 13.1 Å². The zero-order valence-electron chi connectivity index (χ0n) is 19.8. The Labute approximate surface area is 201 Å². The maximum absolute atomic E-state index is 12.9. The normalized spacial score (nSPS) is 22.6. The maximum atomic E-state index is 12.9. The summed E-state index contributed by atoms with van der Waals surface area (Å²) in [5, 5.41) is 2.75. The molecule has 182 valence electrons. The van der Waals surface area contributed by atoms with Crippen LogP contribution in [-0.2, 0) is 14.8 Å². The Kier molecular flexibility index (Phi) is 7.28. The third kappa shape index (κ3) is 5.28. The summed E-state index contributed by atoms with van der Waals surface area (Å²) in [4.78, 5) is 12.6. The molecule has 4 rings (SSSR count). The molecule has 7 nitrogen and oxygen atoms in total. The first-order chi connectivity index (χ1) is 16.3. The minimum atomic E-state index is -3.62. The van der Waals surface area contributed by atoms with E-state index in [0.717, 1.165) is 12.3 Å². The second-order valence-electron chi connectivity index (χ2n) is 9.18. The van der Waals surface area contributed by atoms with Gasteiger partial charge in [-0.2, -0.15) is 0 Å². The number of amides is 1. The molecule has 0 aliphatic heterocycles. The topological polar surface area (TPSA) is 93.7 Å². The van der Waals surface area contributed by atoms with Crippen molar-refractivity contribution < 1.29 is 22.7 Å². The summed E-state index contributed by atoms with van der Waals surface area (Å²) < 4.78 is 39.3. The van der Waals surface area contributed by atoms with Gasteiger partial charge in [0, 0.05) is 23.4 Å². The standard InChI is InChI=1S/C26H32N2O5S/c1-17(23-16-18-7-8-20(23)15-18)28-34(30,31)22-12-10-21(11-13-22)27-25(29)14-9-19-5-4-6-24(32-2)26(19)33-3/h4-6,9-14,17-18,20,23,28H,7-8,15-16H2,1-3H3,(H,27,29)/b14-9+/t17-,18-,20-,23-/m0/s1. The molecular weight excluding hydrogens is 452 g/mol. The van der Waals surface area contributed by atoms with E-state index in [0.29, 0.717) is 34.6 Å². The SMILES string of the molecule is COc1cccc(/C=C/C(=O)Nc2ccc(S(=O)(=O)N[C@@H](C)[C@@H]3C[C@H]4CC[C@H]3C4)cc2)c1OC. The first-order valence-electron chi connectivity index (χ1n) is 11.6. The molecule has 0 unspecified atom stereocenters. The summed E-state index contributed by atoms with van der Waals surface area (Å²) >= 11 is 0. The quantitative estimate of drug-likeness (QED) is 0.513. The van der Waals surface area contributed by atoms with Crippen molar-refractivity contribution in [2.75, 3.05) is 19.5 Å². The van der Waals surface area contributed by atoms with Crippen LogP contribution in [0.4, 0.5) is 5.69 Å². The maximum Gasteiger partial charge on any atom is 0.248 e. The predicted molar refractivity (Wildman–Crippen MR) is 132 cm³/mol. The van der Waals surface area contributed by atoms with E-state index < -0.39 is 10.0 Å². The number of sulfonamides is 1. The highest BCUT2D eigenvalue weighted by Crippen LogP contribution is 2.49. The third-order valence-corrected chi connectivity index (χ3v) is 8.63. The van der Waals surface area contributed by atoms with Gasteiger partial charge < -0.3 is 14.8 Å². The number of hydrogen-bond donors (Lipinski definition) is 2. The predicted octanol–water partition coefficient (Wildman–Crippen LogP) is 4.46. The minimum absolute atomic E-state index is 0.0848. The number of carbonyl (C=O) groups excluding carboxylic acids is 1. The van der Waals surface area contributed by atoms with Crippen LogP contribution in [0.5, 0.6) is 11.5 Å². The molecule has 0 aromatic heterocycles. The molecule has 8 heteroatoms. The van der Waals surface area contributed by atoms with E-state index in [1.807, 2.05) is 19.1 Å². The molecule has 2 aliphatic carbocycles. The van der Waals surface area contributed by atoms with E-state index in [1.165, 1.54) is 44.6 Å². The molecule has 1 amide bonds. The van der Waals surface area contributed by atoms with Gasteiger partial charge in [-0.05, 0) is 80.3 Å². The van der Waals surface area contributed by atoms with E-state index in [2.05, 4.69) is 10.0 Å². The summed E-state index contributed by atoms with van der Waals surface area (Å²) in [6, 6.07) is 11.5. The van der Waals surface area contributed by atoms with Crippen LogP contribution in [0.15, 0.2) is 53.4 Å². The summed E-state index contributed by atoms with van der Waals surface area (Å²) in [6.45, 7) is 1.97. The van der Waals surface area contributed by atoms with E-state index in [-0.39, 0.29) is 16.8 Å². The molecule has 0 spiro atoms. The van der Waals surface area contributed by atoms with E-state index >= 15 is 0 Å². The van der Waals surface area contributed by atoms with Gasteiger partial charge in [-0.15, -0.1) is 0 Å². The van der Waals surface area contributed by atoms with Crippen molar-refractivity contribution in [3.63, 3.8) is 0 Å². The lowest BCUT2D eigenvalue weighted by Gasteiger charge is -2.28. The van der Waals surface area contributed by atoms with Crippen molar-refractivity contribution in [3.8, 4) is 11.5 Å². The van der Waals surface area contributed by atoms with Crippen LogP contribution >= 0.6 is 0 Å². The van der Waals surface area contributed by atoms with Gasteiger partial charge in [-0.1, -0.05) is 18.6 Å². The lowest BCUT2D eigenvalue weighted by molar-refractivity contribution is -0.111. The first kappa shape index (κ1) is 24.3. The Morgan fingerprint density at radius 3 is 2.44 bits per heavy atom. The summed E-state index contributed by atoms with van der Waals surface area (Å²) in [5.41, 5.74) is 1.21. The number of fused-ring (bicyclic) bond motifs is 2. The van der Waals surface area contributed by atoms with Crippen molar-refractivity contribution in [2.45, 2.75) is 43.5 Å². The van der Waals surface area contributed by atoms with Gasteiger partial charge in [0.1, 0.15) is 0 Å². The van der Waals surface area contributed by atoms with Gasteiger partial charge in [0.2, 0.25) is 15.9 Å².